The lowest BCUT2D eigenvalue weighted by Crippen LogP contribution is -2.54. The number of fused-ring (bicyclic) bond motifs is 4. The number of ether oxygens (including phenoxy) is 2. The van der Waals surface area contributed by atoms with Crippen LogP contribution in [0.3, 0.4) is 0 Å². The van der Waals surface area contributed by atoms with Gasteiger partial charge in [0, 0.05) is 23.5 Å². The third kappa shape index (κ3) is 4.61. The van der Waals surface area contributed by atoms with Gasteiger partial charge in [-0.2, -0.15) is 0 Å². The number of hydrogen-bond acceptors (Lipinski definition) is 5. The minimum Gasteiger partial charge on any atom is -0.497 e. The number of methoxy groups -OCH3 is 1. The third-order valence-corrected chi connectivity index (χ3v) is 8.01. The van der Waals surface area contributed by atoms with E-state index in [2.05, 4.69) is 17.6 Å². The standard InChI is InChI=1S/C32H32N2O3/c1-3-21-20-34-16-15-23(21)17-31(34)32(35)28-19-30(33-29-14-13-26(36-2)18-27(28)29)22-9-11-25(12-10-22)37-24-7-5-4-6-8-24/h3-14,18-19,21,23,31-32,35H,1,15-17,20H2,2H3/t21?,23?,31?,32-/m0/s1. The summed E-state index contributed by atoms with van der Waals surface area (Å²) in [6.07, 6.45) is 3.63. The molecule has 3 aromatic carbocycles. The highest BCUT2D eigenvalue weighted by atomic mass is 16.5. The van der Waals surface area contributed by atoms with E-state index in [9.17, 15) is 5.11 Å². The minimum absolute atomic E-state index is 0.0845. The van der Waals surface area contributed by atoms with E-state index in [4.69, 9.17) is 14.5 Å². The van der Waals surface area contributed by atoms with Crippen LogP contribution in [-0.2, 0) is 0 Å². The van der Waals surface area contributed by atoms with E-state index in [-0.39, 0.29) is 6.04 Å². The molecule has 7 rings (SSSR count). The van der Waals surface area contributed by atoms with Crippen molar-refractivity contribution in [1.82, 2.24) is 9.88 Å². The number of nitrogens with zero attached hydrogens (tertiary/aromatic N) is 2. The fourth-order valence-corrected chi connectivity index (χ4v) is 5.98. The molecule has 5 heteroatoms. The molecule has 4 unspecified atom stereocenters. The number of piperidine rings is 3. The van der Waals surface area contributed by atoms with Crippen molar-refractivity contribution in [1.29, 1.82) is 0 Å². The molecule has 0 saturated carbocycles. The Bertz CT molecular complexity index is 1400. The number of aliphatic hydroxyl groups excluding tert-OH is 1. The Morgan fingerprint density at radius 3 is 2.46 bits per heavy atom. The van der Waals surface area contributed by atoms with Crippen LogP contribution in [0.25, 0.3) is 22.2 Å². The van der Waals surface area contributed by atoms with Crippen LogP contribution in [0.2, 0.25) is 0 Å². The van der Waals surface area contributed by atoms with Gasteiger partial charge in [-0.1, -0.05) is 24.3 Å². The Hall–Kier alpha value is -3.67. The predicted octanol–water partition coefficient (Wildman–Crippen LogP) is 6.63. The summed E-state index contributed by atoms with van der Waals surface area (Å²) in [4.78, 5) is 7.40. The molecule has 0 spiro atoms. The molecular formula is C32H32N2O3. The van der Waals surface area contributed by atoms with Crippen LogP contribution in [0.4, 0.5) is 0 Å². The molecule has 3 fully saturated rings. The molecule has 4 aromatic rings. The van der Waals surface area contributed by atoms with Gasteiger partial charge in [0.2, 0.25) is 0 Å². The normalized spacial score (nSPS) is 23.5. The van der Waals surface area contributed by atoms with Crippen molar-refractivity contribution in [2.75, 3.05) is 20.2 Å². The van der Waals surface area contributed by atoms with Gasteiger partial charge in [-0.25, -0.2) is 4.98 Å². The molecule has 5 atom stereocenters. The summed E-state index contributed by atoms with van der Waals surface area (Å²) < 4.78 is 11.5. The third-order valence-electron chi connectivity index (χ3n) is 8.01. The number of hydrogen-bond donors (Lipinski definition) is 1. The lowest BCUT2D eigenvalue weighted by molar-refractivity contribution is -0.0444. The van der Waals surface area contributed by atoms with Crippen molar-refractivity contribution < 1.29 is 14.6 Å². The summed E-state index contributed by atoms with van der Waals surface area (Å²) >= 11 is 0. The van der Waals surface area contributed by atoms with E-state index >= 15 is 0 Å². The average Bonchev–Trinajstić information content (AvgIpc) is 2.97. The molecule has 0 amide bonds. The first-order chi connectivity index (χ1) is 18.1. The maximum Gasteiger partial charge on any atom is 0.127 e. The Morgan fingerprint density at radius 1 is 1.00 bits per heavy atom. The van der Waals surface area contributed by atoms with Gasteiger partial charge in [-0.05, 0) is 97.4 Å². The Morgan fingerprint density at radius 2 is 1.76 bits per heavy atom. The number of rotatable bonds is 7. The molecule has 1 aromatic heterocycles. The van der Waals surface area contributed by atoms with E-state index in [0.717, 1.165) is 64.5 Å². The Labute approximate surface area is 218 Å². The number of aromatic nitrogens is 1. The highest BCUT2D eigenvalue weighted by Crippen LogP contribution is 2.43. The molecular weight excluding hydrogens is 460 g/mol. The fraction of sp³-hybridized carbons (Fsp3) is 0.281. The van der Waals surface area contributed by atoms with Crippen molar-refractivity contribution in [3.63, 3.8) is 0 Å². The predicted molar refractivity (Wildman–Crippen MR) is 147 cm³/mol. The molecule has 3 aliphatic heterocycles. The molecule has 3 saturated heterocycles. The van der Waals surface area contributed by atoms with Gasteiger partial charge in [0.1, 0.15) is 17.2 Å². The molecule has 4 heterocycles. The number of benzene rings is 3. The van der Waals surface area contributed by atoms with Gasteiger partial charge in [-0.3, -0.25) is 4.90 Å². The lowest BCUT2D eigenvalue weighted by atomic mass is 9.73. The molecule has 0 radical (unpaired) electrons. The van der Waals surface area contributed by atoms with E-state index < -0.39 is 6.10 Å². The molecule has 1 N–H and O–H groups in total. The Balaban J connectivity index is 1.36. The first-order valence-electron chi connectivity index (χ1n) is 13.0. The van der Waals surface area contributed by atoms with E-state index in [1.807, 2.05) is 78.9 Å². The number of aliphatic hydroxyl groups is 1. The molecule has 188 valence electrons. The largest absolute Gasteiger partial charge is 0.497 e. The summed E-state index contributed by atoms with van der Waals surface area (Å²) in [6, 6.07) is 25.7. The van der Waals surface area contributed by atoms with Crippen molar-refractivity contribution >= 4 is 10.9 Å². The van der Waals surface area contributed by atoms with Crippen LogP contribution < -0.4 is 9.47 Å². The zero-order valence-electron chi connectivity index (χ0n) is 21.1. The second-order valence-corrected chi connectivity index (χ2v) is 10.1. The first kappa shape index (κ1) is 23.7. The SMILES string of the molecule is C=CC1CN2CCC1CC2[C@@H](O)c1cc(-c2ccc(Oc3ccccc3)cc2)nc2ccc(OC)cc12. The monoisotopic (exact) mass is 492 g/mol. The van der Waals surface area contributed by atoms with Crippen molar-refractivity contribution in [2.24, 2.45) is 11.8 Å². The number of pyridine rings is 1. The smallest absolute Gasteiger partial charge is 0.127 e. The quantitative estimate of drug-likeness (QED) is 0.293. The van der Waals surface area contributed by atoms with Crippen LogP contribution in [0, 0.1) is 11.8 Å². The van der Waals surface area contributed by atoms with E-state index in [0.29, 0.717) is 11.8 Å². The van der Waals surface area contributed by atoms with Gasteiger partial charge in [0.25, 0.3) is 0 Å². The van der Waals surface area contributed by atoms with Crippen LogP contribution in [0.5, 0.6) is 17.2 Å². The lowest BCUT2D eigenvalue weighted by Gasteiger charge is -2.50. The zero-order chi connectivity index (χ0) is 25.4. The van der Waals surface area contributed by atoms with Crippen molar-refractivity contribution in [2.45, 2.75) is 25.0 Å². The van der Waals surface area contributed by atoms with Crippen molar-refractivity contribution in [3.8, 4) is 28.5 Å². The van der Waals surface area contributed by atoms with Crippen LogP contribution in [0.15, 0.2) is 91.5 Å². The fourth-order valence-electron chi connectivity index (χ4n) is 5.98. The molecule has 0 aliphatic carbocycles. The van der Waals surface area contributed by atoms with Gasteiger partial charge < -0.3 is 14.6 Å². The van der Waals surface area contributed by atoms with Gasteiger partial charge >= 0.3 is 0 Å². The molecule has 2 bridgehead atoms. The summed E-state index contributed by atoms with van der Waals surface area (Å²) in [5.74, 6) is 3.42. The van der Waals surface area contributed by atoms with Crippen LogP contribution in [0.1, 0.15) is 24.5 Å². The van der Waals surface area contributed by atoms with Crippen molar-refractivity contribution in [3.05, 3.63) is 97.1 Å². The molecule has 37 heavy (non-hydrogen) atoms. The van der Waals surface area contributed by atoms with Gasteiger partial charge in [0.05, 0.1) is 24.4 Å². The van der Waals surface area contributed by atoms with Gasteiger partial charge in [-0.15, -0.1) is 6.58 Å². The zero-order valence-corrected chi connectivity index (χ0v) is 21.1. The summed E-state index contributed by atoms with van der Waals surface area (Å²) in [5, 5.41) is 12.7. The second-order valence-electron chi connectivity index (χ2n) is 10.1. The highest BCUT2D eigenvalue weighted by Gasteiger charge is 2.42. The maximum atomic E-state index is 11.8. The van der Waals surface area contributed by atoms with E-state index in [1.54, 1.807) is 7.11 Å². The highest BCUT2D eigenvalue weighted by molar-refractivity contribution is 5.87. The summed E-state index contributed by atoms with van der Waals surface area (Å²) in [5.41, 5.74) is 3.55. The second kappa shape index (κ2) is 10.0. The first-order valence-corrected chi connectivity index (χ1v) is 13.0. The van der Waals surface area contributed by atoms with E-state index in [1.165, 1.54) is 6.42 Å². The van der Waals surface area contributed by atoms with Gasteiger partial charge in [0.15, 0.2) is 0 Å². The van der Waals surface area contributed by atoms with Crippen LogP contribution >= 0.6 is 0 Å². The minimum atomic E-state index is -0.620. The molecule has 3 aliphatic rings. The summed E-state index contributed by atoms with van der Waals surface area (Å²) in [6.45, 7) is 6.04. The molecule has 5 nitrogen and oxygen atoms in total. The average molecular weight is 493 g/mol. The topological polar surface area (TPSA) is 54.8 Å². The maximum absolute atomic E-state index is 11.8. The Kier molecular flexibility index (Phi) is 6.41. The number of para-hydroxylation sites is 1. The van der Waals surface area contributed by atoms with Crippen LogP contribution in [-0.4, -0.2) is 41.2 Å². The summed E-state index contributed by atoms with van der Waals surface area (Å²) in [7, 11) is 1.67.